The summed E-state index contributed by atoms with van der Waals surface area (Å²) < 4.78 is -1.72. The van der Waals surface area contributed by atoms with Crippen LogP contribution in [0.4, 0.5) is 5.13 Å². The number of nitrogens with zero attached hydrogens (tertiary/aromatic N) is 2. The fourth-order valence-corrected chi connectivity index (χ4v) is 2.61. The predicted molar refractivity (Wildman–Crippen MR) is 86.9 cm³/mol. The second-order valence-corrected chi connectivity index (χ2v) is 7.44. The molecular formula is C12H11Cl3N4OS. The summed E-state index contributed by atoms with van der Waals surface area (Å²) >= 11 is 18.8. The molecule has 0 aliphatic carbocycles. The third kappa shape index (κ3) is 4.71. The number of anilines is 1. The van der Waals surface area contributed by atoms with Gasteiger partial charge >= 0.3 is 0 Å². The molecule has 2 aromatic rings. The molecule has 9 heteroatoms. The smallest absolute Gasteiger partial charge is 0.228 e. The largest absolute Gasteiger partial charge is 0.336 e. The van der Waals surface area contributed by atoms with Crippen molar-refractivity contribution in [1.29, 1.82) is 0 Å². The van der Waals surface area contributed by atoms with E-state index in [1.807, 2.05) is 30.3 Å². The zero-order valence-corrected chi connectivity index (χ0v) is 13.9. The Morgan fingerprint density at radius 1 is 1.24 bits per heavy atom. The Kier molecular flexibility index (Phi) is 5.27. The lowest BCUT2D eigenvalue weighted by molar-refractivity contribution is -0.119. The summed E-state index contributed by atoms with van der Waals surface area (Å²) in [6.07, 6.45) is -0.906. The van der Waals surface area contributed by atoms with E-state index in [9.17, 15) is 4.79 Å². The first-order chi connectivity index (χ1) is 9.86. The third-order valence-electron chi connectivity index (χ3n) is 2.39. The van der Waals surface area contributed by atoms with E-state index in [2.05, 4.69) is 20.8 Å². The molecule has 5 nitrogen and oxygen atoms in total. The number of aromatic nitrogens is 2. The molecule has 1 atom stereocenters. The number of halogens is 3. The molecule has 1 amide bonds. The second-order valence-electron chi connectivity index (χ2n) is 4.10. The molecule has 112 valence electrons. The summed E-state index contributed by atoms with van der Waals surface area (Å²) in [6.45, 7) is 1.33. The summed E-state index contributed by atoms with van der Waals surface area (Å²) in [4.78, 5) is 11.2. The quantitative estimate of drug-likeness (QED) is 0.643. The highest BCUT2D eigenvalue weighted by Gasteiger charge is 2.34. The number of rotatable bonds is 4. The van der Waals surface area contributed by atoms with Crippen LogP contribution in [0.1, 0.15) is 6.92 Å². The molecule has 0 radical (unpaired) electrons. The molecule has 0 bridgehead atoms. The minimum atomic E-state index is -1.72. The number of nitrogens with one attached hydrogen (secondary N) is 2. The van der Waals surface area contributed by atoms with Gasteiger partial charge in [-0.15, -0.1) is 10.2 Å². The molecule has 1 aromatic carbocycles. The fourth-order valence-electron chi connectivity index (χ4n) is 1.51. The molecule has 0 saturated carbocycles. The van der Waals surface area contributed by atoms with Crippen molar-refractivity contribution >= 4 is 57.2 Å². The number of alkyl halides is 3. The predicted octanol–water partition coefficient (Wildman–Crippen LogP) is 3.45. The van der Waals surface area contributed by atoms with E-state index in [0.717, 1.165) is 10.6 Å². The highest BCUT2D eigenvalue weighted by atomic mass is 35.6. The van der Waals surface area contributed by atoms with Crippen molar-refractivity contribution in [2.75, 3.05) is 5.32 Å². The average Bonchev–Trinajstić information content (AvgIpc) is 2.86. The zero-order chi connectivity index (χ0) is 15.5. The molecule has 0 aliphatic rings. The van der Waals surface area contributed by atoms with Crippen molar-refractivity contribution in [3.8, 4) is 10.6 Å². The van der Waals surface area contributed by atoms with Crippen LogP contribution in [0.3, 0.4) is 0 Å². The molecule has 1 aromatic heterocycles. The summed E-state index contributed by atoms with van der Waals surface area (Å²) in [6, 6.07) is 9.57. The maximum Gasteiger partial charge on any atom is 0.228 e. The topological polar surface area (TPSA) is 66.9 Å². The molecule has 2 rings (SSSR count). The summed E-state index contributed by atoms with van der Waals surface area (Å²) in [5, 5.41) is 14.6. The van der Waals surface area contributed by atoms with Crippen LogP contribution in [-0.4, -0.2) is 26.1 Å². The van der Waals surface area contributed by atoms with Gasteiger partial charge in [0.25, 0.3) is 0 Å². The number of hydrogen-bond acceptors (Lipinski definition) is 5. The first-order valence-electron chi connectivity index (χ1n) is 5.85. The molecule has 1 heterocycles. The van der Waals surface area contributed by atoms with Gasteiger partial charge in [-0.3, -0.25) is 4.79 Å². The van der Waals surface area contributed by atoms with Gasteiger partial charge in [0.15, 0.2) is 0 Å². The summed E-state index contributed by atoms with van der Waals surface area (Å²) in [5.74, 6) is -0.327. The van der Waals surface area contributed by atoms with Gasteiger partial charge in [0.05, 0.1) is 0 Å². The fraction of sp³-hybridized carbons (Fsp3) is 0.250. The van der Waals surface area contributed by atoms with E-state index < -0.39 is 9.96 Å². The lowest BCUT2D eigenvalue weighted by Gasteiger charge is -2.25. The van der Waals surface area contributed by atoms with E-state index >= 15 is 0 Å². The monoisotopic (exact) mass is 364 g/mol. The van der Waals surface area contributed by atoms with E-state index in [4.69, 9.17) is 34.8 Å². The van der Waals surface area contributed by atoms with Crippen molar-refractivity contribution in [2.45, 2.75) is 16.9 Å². The van der Waals surface area contributed by atoms with Crippen molar-refractivity contribution < 1.29 is 4.79 Å². The van der Waals surface area contributed by atoms with Gasteiger partial charge in [0, 0.05) is 12.5 Å². The van der Waals surface area contributed by atoms with Gasteiger partial charge in [-0.2, -0.15) is 0 Å². The lowest BCUT2D eigenvalue weighted by atomic mass is 10.2. The van der Waals surface area contributed by atoms with Crippen molar-refractivity contribution in [3.63, 3.8) is 0 Å². The molecule has 0 fully saturated rings. The Hall–Kier alpha value is -1.08. The Morgan fingerprint density at radius 3 is 2.48 bits per heavy atom. The maximum absolute atomic E-state index is 11.2. The third-order valence-corrected chi connectivity index (χ3v) is 3.95. The van der Waals surface area contributed by atoms with Crippen LogP contribution in [0.25, 0.3) is 10.6 Å². The first-order valence-corrected chi connectivity index (χ1v) is 7.80. The van der Waals surface area contributed by atoms with E-state index in [1.165, 1.54) is 18.3 Å². The average molecular weight is 366 g/mol. The van der Waals surface area contributed by atoms with E-state index in [1.54, 1.807) is 0 Å². The summed E-state index contributed by atoms with van der Waals surface area (Å²) in [7, 11) is 0. The van der Waals surface area contributed by atoms with Crippen LogP contribution < -0.4 is 10.6 Å². The van der Waals surface area contributed by atoms with Crippen LogP contribution in [0.15, 0.2) is 30.3 Å². The van der Waals surface area contributed by atoms with Crippen molar-refractivity contribution in [1.82, 2.24) is 15.5 Å². The minimum Gasteiger partial charge on any atom is -0.336 e. The van der Waals surface area contributed by atoms with Gasteiger partial charge in [-0.05, 0) is 0 Å². The number of benzene rings is 1. The SMILES string of the molecule is CC(=O)NC(Nc1nnc(-c2ccccc2)s1)C(Cl)(Cl)Cl. The Morgan fingerprint density at radius 2 is 1.90 bits per heavy atom. The Balaban J connectivity index is 2.15. The van der Waals surface area contributed by atoms with Gasteiger partial charge in [-0.1, -0.05) is 76.5 Å². The second kappa shape index (κ2) is 6.79. The molecule has 0 aliphatic heterocycles. The van der Waals surface area contributed by atoms with Gasteiger partial charge < -0.3 is 10.6 Å². The summed E-state index contributed by atoms with van der Waals surface area (Å²) in [5.41, 5.74) is 0.938. The number of amides is 1. The molecule has 2 N–H and O–H groups in total. The molecule has 0 saturated heterocycles. The molecule has 21 heavy (non-hydrogen) atoms. The number of carbonyl (C=O) groups is 1. The molecule has 0 spiro atoms. The van der Waals surface area contributed by atoms with Crippen LogP contribution >= 0.6 is 46.1 Å². The van der Waals surface area contributed by atoms with Crippen molar-refractivity contribution in [2.24, 2.45) is 0 Å². The zero-order valence-electron chi connectivity index (χ0n) is 10.8. The van der Waals surface area contributed by atoms with E-state index in [0.29, 0.717) is 5.13 Å². The minimum absolute atomic E-state index is 0.327. The van der Waals surface area contributed by atoms with Crippen LogP contribution in [0.2, 0.25) is 0 Å². The standard InChI is InChI=1S/C12H11Cl3N4OS/c1-7(20)16-10(12(13,14)15)17-11-19-18-9(21-11)8-5-3-2-4-6-8/h2-6,10H,1H3,(H,16,20)(H,17,19). The number of hydrogen-bond donors (Lipinski definition) is 2. The Labute approximate surface area is 140 Å². The van der Waals surface area contributed by atoms with Gasteiger partial charge in [-0.25, -0.2) is 0 Å². The van der Waals surface area contributed by atoms with E-state index in [-0.39, 0.29) is 5.91 Å². The van der Waals surface area contributed by atoms with Gasteiger partial charge in [0.2, 0.25) is 14.8 Å². The maximum atomic E-state index is 11.2. The highest BCUT2D eigenvalue weighted by molar-refractivity contribution is 7.18. The molecule has 1 unspecified atom stereocenters. The van der Waals surface area contributed by atoms with Crippen molar-refractivity contribution in [3.05, 3.63) is 30.3 Å². The van der Waals surface area contributed by atoms with Gasteiger partial charge in [0.1, 0.15) is 11.2 Å². The highest BCUT2D eigenvalue weighted by Crippen LogP contribution is 2.33. The molecular weight excluding hydrogens is 355 g/mol. The normalized spacial score (nSPS) is 12.8. The Bertz CT molecular complexity index is 614. The van der Waals surface area contributed by atoms with Crippen LogP contribution in [0.5, 0.6) is 0 Å². The lowest BCUT2D eigenvalue weighted by Crippen LogP contribution is -2.48. The van der Waals surface area contributed by atoms with Crippen LogP contribution in [-0.2, 0) is 4.79 Å². The van der Waals surface area contributed by atoms with Crippen LogP contribution in [0, 0.1) is 0 Å². The number of carbonyl (C=O) groups excluding carboxylic acids is 1. The first kappa shape index (κ1) is 16.3.